The van der Waals surface area contributed by atoms with Crippen molar-refractivity contribution < 1.29 is 23.7 Å². The number of fused-ring (bicyclic) bond motifs is 3. The molecule has 0 aromatic heterocycles. The molecular formula is C21H23NO6. The second-order valence-electron chi connectivity index (χ2n) is 6.33. The number of amides is 1. The van der Waals surface area contributed by atoms with Gasteiger partial charge in [-0.15, -0.1) is 0 Å². The third kappa shape index (κ3) is 3.24. The van der Waals surface area contributed by atoms with Crippen LogP contribution in [0.1, 0.15) is 23.6 Å². The average molecular weight is 385 g/mol. The average Bonchev–Trinajstić information content (AvgIpc) is 2.95. The molecule has 0 heterocycles. The summed E-state index contributed by atoms with van der Waals surface area (Å²) in [6.45, 7) is 0. The lowest BCUT2D eigenvalue weighted by molar-refractivity contribution is -0.110. The minimum Gasteiger partial charge on any atom is -0.493 e. The van der Waals surface area contributed by atoms with Crippen molar-refractivity contribution in [2.75, 3.05) is 28.4 Å². The summed E-state index contributed by atoms with van der Waals surface area (Å²) in [7, 11) is 6.13. The van der Waals surface area contributed by atoms with E-state index in [9.17, 15) is 9.59 Å². The van der Waals surface area contributed by atoms with Crippen molar-refractivity contribution in [1.29, 1.82) is 0 Å². The van der Waals surface area contributed by atoms with Gasteiger partial charge in [-0.1, -0.05) is 6.07 Å². The summed E-state index contributed by atoms with van der Waals surface area (Å²) in [5.41, 5.74) is 2.99. The van der Waals surface area contributed by atoms with Crippen LogP contribution >= 0.6 is 0 Å². The Morgan fingerprint density at radius 3 is 2.29 bits per heavy atom. The molecule has 148 valence electrons. The van der Waals surface area contributed by atoms with Gasteiger partial charge in [0.25, 0.3) is 0 Å². The number of hydrogen-bond acceptors (Lipinski definition) is 6. The lowest BCUT2D eigenvalue weighted by Crippen LogP contribution is -2.20. The summed E-state index contributed by atoms with van der Waals surface area (Å²) in [5, 5.41) is 2.83. The van der Waals surface area contributed by atoms with Crippen LogP contribution in [0.2, 0.25) is 0 Å². The van der Waals surface area contributed by atoms with E-state index in [4.69, 9.17) is 18.9 Å². The Balaban J connectivity index is 2.43. The van der Waals surface area contributed by atoms with E-state index in [0.29, 0.717) is 42.1 Å². The van der Waals surface area contributed by atoms with E-state index in [-0.39, 0.29) is 17.2 Å². The summed E-state index contributed by atoms with van der Waals surface area (Å²) < 4.78 is 21.9. The Morgan fingerprint density at radius 2 is 1.68 bits per heavy atom. The Bertz CT molecular complexity index is 956. The Hall–Kier alpha value is -3.22. The van der Waals surface area contributed by atoms with Crippen molar-refractivity contribution in [3.05, 3.63) is 45.6 Å². The molecule has 3 rings (SSSR count). The van der Waals surface area contributed by atoms with Crippen LogP contribution in [0, 0.1) is 0 Å². The van der Waals surface area contributed by atoms with Crippen LogP contribution in [0.4, 0.5) is 0 Å². The highest BCUT2D eigenvalue weighted by Crippen LogP contribution is 2.50. The van der Waals surface area contributed by atoms with Crippen molar-refractivity contribution in [3.63, 3.8) is 0 Å². The third-order valence-electron chi connectivity index (χ3n) is 4.99. The highest BCUT2D eigenvalue weighted by Gasteiger charge is 2.28. The molecule has 1 amide bonds. The summed E-state index contributed by atoms with van der Waals surface area (Å²) in [6.07, 6.45) is 1.92. The number of benzene rings is 1. The van der Waals surface area contributed by atoms with E-state index in [1.54, 1.807) is 27.4 Å². The maximum Gasteiger partial charge on any atom is 0.220 e. The largest absolute Gasteiger partial charge is 0.493 e. The van der Waals surface area contributed by atoms with E-state index in [1.165, 1.54) is 13.2 Å². The Kier molecular flexibility index (Phi) is 5.73. The first kappa shape index (κ1) is 19.5. The summed E-state index contributed by atoms with van der Waals surface area (Å²) in [4.78, 5) is 23.8. The minimum absolute atomic E-state index is 0.221. The molecule has 0 unspecified atom stereocenters. The van der Waals surface area contributed by atoms with Crippen LogP contribution in [0.5, 0.6) is 23.0 Å². The number of aryl methyl sites for hydroxylation is 1. The molecule has 1 aliphatic carbocycles. The molecule has 7 nitrogen and oxygen atoms in total. The second kappa shape index (κ2) is 8.21. The van der Waals surface area contributed by atoms with Gasteiger partial charge in [0, 0.05) is 5.56 Å². The second-order valence-corrected chi connectivity index (χ2v) is 6.33. The molecule has 0 saturated carbocycles. The highest BCUT2D eigenvalue weighted by atomic mass is 16.5. The van der Waals surface area contributed by atoms with Crippen LogP contribution in [0.3, 0.4) is 0 Å². The van der Waals surface area contributed by atoms with Crippen molar-refractivity contribution in [3.8, 4) is 34.1 Å². The molecule has 0 radical (unpaired) electrons. The lowest BCUT2D eigenvalue weighted by Gasteiger charge is -2.19. The SMILES string of the molecule is COc1cc2c(c(OC)c1OC)-c1ccc(OC)c(=O)cc1[C@H](NC=O)CC2. The van der Waals surface area contributed by atoms with Gasteiger partial charge in [-0.05, 0) is 47.7 Å². The smallest absolute Gasteiger partial charge is 0.220 e. The summed E-state index contributed by atoms with van der Waals surface area (Å²) >= 11 is 0. The first-order valence-electron chi connectivity index (χ1n) is 8.83. The zero-order valence-electron chi connectivity index (χ0n) is 16.3. The van der Waals surface area contributed by atoms with Crippen molar-refractivity contribution in [2.24, 2.45) is 0 Å². The van der Waals surface area contributed by atoms with E-state index < -0.39 is 0 Å². The van der Waals surface area contributed by atoms with Gasteiger partial charge in [0.05, 0.1) is 34.5 Å². The van der Waals surface area contributed by atoms with Crippen LogP contribution in [-0.4, -0.2) is 34.8 Å². The molecule has 0 bridgehead atoms. The van der Waals surface area contributed by atoms with Gasteiger partial charge in [-0.3, -0.25) is 9.59 Å². The quantitative estimate of drug-likeness (QED) is 0.770. The number of rotatable bonds is 6. The van der Waals surface area contributed by atoms with Gasteiger partial charge >= 0.3 is 0 Å². The zero-order chi connectivity index (χ0) is 20.3. The van der Waals surface area contributed by atoms with Gasteiger partial charge in [-0.2, -0.15) is 0 Å². The van der Waals surface area contributed by atoms with Gasteiger partial charge in [0.15, 0.2) is 17.2 Å². The molecule has 2 aromatic rings. The van der Waals surface area contributed by atoms with E-state index >= 15 is 0 Å². The fourth-order valence-corrected chi connectivity index (χ4v) is 3.72. The Labute approximate surface area is 163 Å². The maximum atomic E-state index is 12.6. The minimum atomic E-state index is -0.327. The topological polar surface area (TPSA) is 83.1 Å². The molecule has 1 aliphatic rings. The maximum absolute atomic E-state index is 12.6. The number of nitrogens with one attached hydrogen (secondary N) is 1. The van der Waals surface area contributed by atoms with Crippen LogP contribution in [0.25, 0.3) is 11.1 Å². The fraction of sp³-hybridized carbons (Fsp3) is 0.333. The fourth-order valence-electron chi connectivity index (χ4n) is 3.72. The van der Waals surface area contributed by atoms with Crippen molar-refractivity contribution in [1.82, 2.24) is 5.32 Å². The normalized spacial score (nSPS) is 14.8. The van der Waals surface area contributed by atoms with Gasteiger partial charge in [0.1, 0.15) is 0 Å². The van der Waals surface area contributed by atoms with Gasteiger partial charge in [0.2, 0.25) is 17.6 Å². The molecule has 0 aliphatic heterocycles. The molecule has 0 spiro atoms. The lowest BCUT2D eigenvalue weighted by atomic mass is 9.95. The molecule has 1 N–H and O–H groups in total. The number of carbonyl (C=O) groups excluding carboxylic acids is 1. The van der Waals surface area contributed by atoms with E-state index in [2.05, 4.69) is 5.32 Å². The summed E-state index contributed by atoms with van der Waals surface area (Å²) in [5.74, 6) is 1.77. The Morgan fingerprint density at radius 1 is 0.964 bits per heavy atom. The number of ether oxygens (including phenoxy) is 4. The molecular weight excluding hydrogens is 362 g/mol. The molecule has 0 fully saturated rings. The third-order valence-corrected chi connectivity index (χ3v) is 4.99. The number of methoxy groups -OCH3 is 4. The molecule has 1 atom stereocenters. The number of hydrogen-bond donors (Lipinski definition) is 1. The number of carbonyl (C=O) groups is 1. The van der Waals surface area contributed by atoms with Gasteiger partial charge < -0.3 is 24.3 Å². The van der Waals surface area contributed by atoms with Crippen molar-refractivity contribution in [2.45, 2.75) is 18.9 Å². The van der Waals surface area contributed by atoms with Crippen LogP contribution in [-0.2, 0) is 11.2 Å². The highest BCUT2D eigenvalue weighted by molar-refractivity contribution is 5.82. The molecule has 28 heavy (non-hydrogen) atoms. The van der Waals surface area contributed by atoms with E-state index in [1.807, 2.05) is 12.1 Å². The van der Waals surface area contributed by atoms with Crippen molar-refractivity contribution >= 4 is 6.41 Å². The predicted octanol–water partition coefficient (Wildman–Crippen LogP) is 2.48. The monoisotopic (exact) mass is 385 g/mol. The predicted molar refractivity (Wildman–Crippen MR) is 105 cm³/mol. The zero-order valence-corrected chi connectivity index (χ0v) is 16.3. The first-order chi connectivity index (χ1) is 13.6. The standard InChI is InChI=1S/C21H23NO6/c1-25-17-8-6-13-14(10-16(17)24)15(22-11-23)7-5-12-9-18(26-2)20(27-3)21(28-4)19(12)13/h6,8-11,15H,5,7H2,1-4H3,(H,22,23)/t15-/m1/s1. The molecule has 2 aromatic carbocycles. The van der Waals surface area contributed by atoms with Gasteiger partial charge in [-0.25, -0.2) is 0 Å². The molecule has 0 saturated heterocycles. The van der Waals surface area contributed by atoms with Crippen LogP contribution < -0.4 is 29.7 Å². The molecule has 7 heteroatoms. The van der Waals surface area contributed by atoms with Crippen LogP contribution in [0.15, 0.2) is 29.1 Å². The van der Waals surface area contributed by atoms with E-state index in [0.717, 1.165) is 16.7 Å². The summed E-state index contributed by atoms with van der Waals surface area (Å²) in [6, 6.07) is 6.54. The first-order valence-corrected chi connectivity index (χ1v) is 8.83.